The molecule has 0 saturated heterocycles. The lowest BCUT2D eigenvalue weighted by molar-refractivity contribution is -0.149. The Morgan fingerprint density at radius 2 is 1.45 bits per heavy atom. The summed E-state index contributed by atoms with van der Waals surface area (Å²) in [7, 11) is 0. The molecule has 3 nitrogen and oxygen atoms in total. The summed E-state index contributed by atoms with van der Waals surface area (Å²) < 4.78 is 0. The summed E-state index contributed by atoms with van der Waals surface area (Å²) in [5.74, 6) is -1.97. The highest BCUT2D eigenvalue weighted by molar-refractivity contribution is 6.32. The Hall–Kier alpha value is -1.64. The maximum atomic E-state index is 10.9. The summed E-state index contributed by atoms with van der Waals surface area (Å²) in [5.41, 5.74) is 2.69. The van der Waals surface area contributed by atoms with Gasteiger partial charge in [0.25, 0.3) is 0 Å². The quantitative estimate of drug-likeness (QED) is 0.520. The standard InChI is InChI=1S/C17H24O3/c1-14-10-12-15(13-11-14)8-6-4-2-3-5-7-9-16(18)17(19)20/h10-13H,2-9H2,1H3,(H,19,20). The van der Waals surface area contributed by atoms with Gasteiger partial charge in [-0.05, 0) is 31.7 Å². The number of aliphatic carboxylic acids is 1. The number of aryl methyl sites for hydroxylation is 2. The van der Waals surface area contributed by atoms with Crippen LogP contribution in [0.5, 0.6) is 0 Å². The Morgan fingerprint density at radius 3 is 2.05 bits per heavy atom. The first-order valence-corrected chi connectivity index (χ1v) is 7.41. The fourth-order valence-corrected chi connectivity index (χ4v) is 2.18. The fraction of sp³-hybridized carbons (Fsp3) is 0.529. The number of rotatable bonds is 10. The predicted molar refractivity (Wildman–Crippen MR) is 79.8 cm³/mol. The number of carbonyl (C=O) groups excluding carboxylic acids is 1. The number of ketones is 1. The van der Waals surface area contributed by atoms with Crippen LogP contribution in [-0.4, -0.2) is 16.9 Å². The summed E-state index contributed by atoms with van der Waals surface area (Å²) in [6.07, 6.45) is 7.58. The van der Waals surface area contributed by atoms with Gasteiger partial charge in [-0.1, -0.05) is 55.5 Å². The van der Waals surface area contributed by atoms with E-state index in [1.807, 2.05) is 0 Å². The van der Waals surface area contributed by atoms with Crippen molar-refractivity contribution in [1.82, 2.24) is 0 Å². The van der Waals surface area contributed by atoms with Gasteiger partial charge < -0.3 is 5.11 Å². The van der Waals surface area contributed by atoms with Crippen LogP contribution < -0.4 is 0 Å². The average Bonchev–Trinajstić information content (AvgIpc) is 2.43. The van der Waals surface area contributed by atoms with Gasteiger partial charge in [-0.2, -0.15) is 0 Å². The minimum absolute atomic E-state index is 0.179. The maximum Gasteiger partial charge on any atom is 0.372 e. The van der Waals surface area contributed by atoms with E-state index >= 15 is 0 Å². The van der Waals surface area contributed by atoms with E-state index in [4.69, 9.17) is 5.11 Å². The smallest absolute Gasteiger partial charge is 0.372 e. The molecule has 1 rings (SSSR count). The van der Waals surface area contributed by atoms with E-state index in [-0.39, 0.29) is 6.42 Å². The molecule has 0 unspecified atom stereocenters. The molecule has 0 bridgehead atoms. The highest BCUT2D eigenvalue weighted by Crippen LogP contribution is 2.11. The van der Waals surface area contributed by atoms with Crippen LogP contribution >= 0.6 is 0 Å². The summed E-state index contributed by atoms with van der Waals surface area (Å²) in [4.78, 5) is 21.2. The van der Waals surface area contributed by atoms with Gasteiger partial charge in [0.05, 0.1) is 0 Å². The molecule has 0 aliphatic rings. The zero-order chi connectivity index (χ0) is 14.8. The van der Waals surface area contributed by atoms with Crippen LogP contribution in [0.25, 0.3) is 0 Å². The zero-order valence-corrected chi connectivity index (χ0v) is 12.2. The molecular weight excluding hydrogens is 252 g/mol. The Morgan fingerprint density at radius 1 is 0.900 bits per heavy atom. The summed E-state index contributed by atoms with van der Waals surface area (Å²) in [5, 5.41) is 8.43. The molecule has 0 aromatic heterocycles. The Kier molecular flexibility index (Phi) is 7.63. The molecule has 0 amide bonds. The molecule has 1 N–H and O–H groups in total. The number of benzene rings is 1. The average molecular weight is 276 g/mol. The third kappa shape index (κ3) is 7.07. The molecule has 20 heavy (non-hydrogen) atoms. The van der Waals surface area contributed by atoms with Crippen molar-refractivity contribution in [3.05, 3.63) is 35.4 Å². The topological polar surface area (TPSA) is 54.4 Å². The van der Waals surface area contributed by atoms with Gasteiger partial charge in [-0.25, -0.2) is 4.79 Å². The van der Waals surface area contributed by atoms with Crippen LogP contribution in [-0.2, 0) is 16.0 Å². The molecule has 0 fully saturated rings. The lowest BCUT2D eigenvalue weighted by atomic mass is 10.0. The van der Waals surface area contributed by atoms with Crippen molar-refractivity contribution in [2.75, 3.05) is 0 Å². The van der Waals surface area contributed by atoms with Gasteiger partial charge in [-0.15, -0.1) is 0 Å². The van der Waals surface area contributed by atoms with Crippen LogP contribution in [0.2, 0.25) is 0 Å². The molecule has 0 aliphatic heterocycles. The second-order valence-corrected chi connectivity index (χ2v) is 5.34. The largest absolute Gasteiger partial charge is 0.476 e. The number of hydrogen-bond acceptors (Lipinski definition) is 2. The van der Waals surface area contributed by atoms with Crippen LogP contribution in [0.1, 0.15) is 56.1 Å². The van der Waals surface area contributed by atoms with Crippen molar-refractivity contribution in [1.29, 1.82) is 0 Å². The first-order valence-electron chi connectivity index (χ1n) is 7.41. The van der Waals surface area contributed by atoms with Crippen molar-refractivity contribution < 1.29 is 14.7 Å². The number of unbranched alkanes of at least 4 members (excludes halogenated alkanes) is 5. The lowest BCUT2D eigenvalue weighted by Gasteiger charge is -2.03. The Balaban J connectivity index is 1.96. The molecule has 110 valence electrons. The summed E-state index contributed by atoms with van der Waals surface area (Å²) >= 11 is 0. The third-order valence-corrected chi connectivity index (χ3v) is 3.48. The number of carbonyl (C=O) groups is 2. The van der Waals surface area contributed by atoms with Gasteiger partial charge in [0.1, 0.15) is 0 Å². The van der Waals surface area contributed by atoms with E-state index in [9.17, 15) is 9.59 Å². The molecule has 3 heteroatoms. The SMILES string of the molecule is Cc1ccc(CCCCCCCCC(=O)C(=O)O)cc1. The first-order chi connectivity index (χ1) is 9.59. The maximum absolute atomic E-state index is 10.9. The van der Waals surface area contributed by atoms with Gasteiger partial charge in [0.15, 0.2) is 0 Å². The van der Waals surface area contributed by atoms with E-state index in [1.165, 1.54) is 24.0 Å². The highest BCUT2D eigenvalue weighted by atomic mass is 16.4. The van der Waals surface area contributed by atoms with Gasteiger partial charge in [-0.3, -0.25) is 4.79 Å². The van der Waals surface area contributed by atoms with E-state index in [0.717, 1.165) is 25.7 Å². The Labute approximate surface area is 121 Å². The molecule has 0 spiro atoms. The lowest BCUT2D eigenvalue weighted by Crippen LogP contribution is -2.11. The van der Waals surface area contributed by atoms with Gasteiger partial charge >= 0.3 is 5.97 Å². The molecular formula is C17H24O3. The normalized spacial score (nSPS) is 10.4. The fourth-order valence-electron chi connectivity index (χ4n) is 2.18. The van der Waals surface area contributed by atoms with E-state index < -0.39 is 11.8 Å². The molecule has 1 aromatic rings. The number of hydrogen-bond donors (Lipinski definition) is 1. The summed E-state index contributed by atoms with van der Waals surface area (Å²) in [6.45, 7) is 2.10. The molecule has 0 atom stereocenters. The summed E-state index contributed by atoms with van der Waals surface area (Å²) in [6, 6.07) is 8.67. The second-order valence-electron chi connectivity index (χ2n) is 5.34. The highest BCUT2D eigenvalue weighted by Gasteiger charge is 2.09. The minimum atomic E-state index is -1.30. The van der Waals surface area contributed by atoms with Crippen LogP contribution in [0.3, 0.4) is 0 Å². The van der Waals surface area contributed by atoms with Crippen LogP contribution in [0, 0.1) is 6.92 Å². The minimum Gasteiger partial charge on any atom is -0.476 e. The van der Waals surface area contributed by atoms with Gasteiger partial charge in [0, 0.05) is 6.42 Å². The van der Waals surface area contributed by atoms with Gasteiger partial charge in [0.2, 0.25) is 5.78 Å². The van der Waals surface area contributed by atoms with E-state index in [2.05, 4.69) is 31.2 Å². The zero-order valence-electron chi connectivity index (χ0n) is 12.2. The molecule has 0 aliphatic carbocycles. The molecule has 0 saturated carbocycles. The predicted octanol–water partition coefficient (Wildman–Crippen LogP) is 3.92. The molecule has 0 radical (unpaired) electrons. The van der Waals surface area contributed by atoms with Crippen LogP contribution in [0.15, 0.2) is 24.3 Å². The van der Waals surface area contributed by atoms with Crippen molar-refractivity contribution in [2.24, 2.45) is 0 Å². The van der Waals surface area contributed by atoms with Crippen LogP contribution in [0.4, 0.5) is 0 Å². The first kappa shape index (κ1) is 16.4. The van der Waals surface area contributed by atoms with Crippen molar-refractivity contribution >= 4 is 11.8 Å². The van der Waals surface area contributed by atoms with E-state index in [0.29, 0.717) is 6.42 Å². The van der Waals surface area contributed by atoms with Crippen molar-refractivity contribution in [3.63, 3.8) is 0 Å². The number of Topliss-reactive ketones (excluding diaryl/α,β-unsaturated/α-hetero) is 1. The molecule has 1 aromatic carbocycles. The third-order valence-electron chi connectivity index (χ3n) is 3.48. The van der Waals surface area contributed by atoms with Crippen molar-refractivity contribution in [3.8, 4) is 0 Å². The van der Waals surface area contributed by atoms with E-state index in [1.54, 1.807) is 0 Å². The monoisotopic (exact) mass is 276 g/mol. The number of carboxylic acids is 1. The second kappa shape index (κ2) is 9.29. The Bertz CT molecular complexity index is 420. The van der Waals surface area contributed by atoms with Crippen molar-refractivity contribution in [2.45, 2.75) is 58.3 Å². The molecule has 0 heterocycles. The number of carboxylic acid groups (broad SMARTS) is 1.